The highest BCUT2D eigenvalue weighted by molar-refractivity contribution is 7.15. The summed E-state index contributed by atoms with van der Waals surface area (Å²) >= 11 is 1.64. The van der Waals surface area contributed by atoms with Crippen LogP contribution in [0.1, 0.15) is 45.6 Å². The van der Waals surface area contributed by atoms with Gasteiger partial charge in [0.25, 0.3) is 5.91 Å². The van der Waals surface area contributed by atoms with Crippen LogP contribution < -0.4 is 10.1 Å². The van der Waals surface area contributed by atoms with Gasteiger partial charge in [-0.2, -0.15) is 4.68 Å². The van der Waals surface area contributed by atoms with Crippen LogP contribution in [0.15, 0.2) is 30.6 Å². The summed E-state index contributed by atoms with van der Waals surface area (Å²) in [5.41, 5.74) is 3.23. The van der Waals surface area contributed by atoms with Crippen LogP contribution >= 0.6 is 11.3 Å². The first-order valence-corrected chi connectivity index (χ1v) is 11.6. The molecule has 1 aliphatic heterocycles. The maximum Gasteiger partial charge on any atom is 0.254 e. The molecule has 9 heteroatoms. The van der Waals surface area contributed by atoms with Crippen molar-refractivity contribution in [3.05, 3.63) is 52.2 Å². The molecule has 0 saturated carbocycles. The lowest BCUT2D eigenvalue weighted by Crippen LogP contribution is -2.44. The van der Waals surface area contributed by atoms with Crippen LogP contribution in [-0.4, -0.2) is 57.3 Å². The number of nitrogens with one attached hydrogen (secondary N) is 1. The number of tetrazole rings is 1. The van der Waals surface area contributed by atoms with Crippen molar-refractivity contribution in [2.24, 2.45) is 0 Å². The van der Waals surface area contributed by atoms with Gasteiger partial charge in [-0.05, 0) is 65.8 Å². The average Bonchev–Trinajstić information content (AvgIpc) is 3.52. The Kier molecular flexibility index (Phi) is 5.69. The first-order valence-electron chi connectivity index (χ1n) is 10.8. The summed E-state index contributed by atoms with van der Waals surface area (Å²) in [7, 11) is 1.68. The summed E-state index contributed by atoms with van der Waals surface area (Å²) in [5.74, 6) is 0.893. The lowest BCUT2D eigenvalue weighted by molar-refractivity contribution is 0.0908. The van der Waals surface area contributed by atoms with Crippen molar-refractivity contribution in [1.29, 1.82) is 0 Å². The summed E-state index contributed by atoms with van der Waals surface area (Å²) < 4.78 is 6.86. The Balaban J connectivity index is 1.21. The molecule has 1 fully saturated rings. The zero-order valence-electron chi connectivity index (χ0n) is 17.6. The molecular formula is C22H26N6O2S. The Hall–Kier alpha value is -2.78. The van der Waals surface area contributed by atoms with Crippen molar-refractivity contribution in [3.63, 3.8) is 0 Å². The molecule has 1 saturated heterocycles. The topological polar surface area (TPSA) is 85.2 Å². The zero-order chi connectivity index (χ0) is 21.2. The number of nitrogens with zero attached hydrogens (tertiary/aromatic N) is 5. The molecule has 1 aliphatic carbocycles. The second-order valence-corrected chi connectivity index (χ2v) is 9.25. The molecule has 8 nitrogen and oxygen atoms in total. The second kappa shape index (κ2) is 8.76. The molecule has 0 spiro atoms. The highest BCUT2D eigenvalue weighted by Gasteiger charge is 2.30. The lowest BCUT2D eigenvalue weighted by atomic mass is 10.0. The number of aromatic nitrogens is 4. The quantitative estimate of drug-likeness (QED) is 0.637. The van der Waals surface area contributed by atoms with Crippen molar-refractivity contribution >= 4 is 17.2 Å². The molecule has 1 aromatic carbocycles. The van der Waals surface area contributed by atoms with E-state index < -0.39 is 0 Å². The Bertz CT molecular complexity index is 1040. The predicted octanol–water partition coefficient (Wildman–Crippen LogP) is 2.62. The molecule has 1 N–H and O–H groups in total. The molecule has 0 bridgehead atoms. The van der Waals surface area contributed by atoms with Crippen molar-refractivity contribution < 1.29 is 9.53 Å². The summed E-state index contributed by atoms with van der Waals surface area (Å²) in [6.45, 7) is 2.86. The Labute approximate surface area is 185 Å². The van der Waals surface area contributed by atoms with Crippen LogP contribution in [0.4, 0.5) is 0 Å². The number of rotatable bonds is 6. The molecule has 2 aromatic heterocycles. The Morgan fingerprint density at radius 3 is 2.74 bits per heavy atom. The molecule has 0 radical (unpaired) electrons. The zero-order valence-corrected chi connectivity index (χ0v) is 18.4. The van der Waals surface area contributed by atoms with E-state index in [0.29, 0.717) is 0 Å². The van der Waals surface area contributed by atoms with Gasteiger partial charge in [-0.3, -0.25) is 9.69 Å². The fraction of sp³-hybridized carbons (Fsp3) is 0.455. The number of carbonyl (C=O) groups is 1. The number of benzene rings is 1. The number of likely N-dealkylation sites (tertiary alicyclic amines) is 1. The van der Waals surface area contributed by atoms with Crippen LogP contribution in [0.3, 0.4) is 0 Å². The summed E-state index contributed by atoms with van der Waals surface area (Å²) in [6, 6.07) is 8.43. The number of hydrogen-bond acceptors (Lipinski definition) is 7. The van der Waals surface area contributed by atoms with Gasteiger partial charge in [0, 0.05) is 30.6 Å². The number of fused-ring (bicyclic) bond motifs is 1. The van der Waals surface area contributed by atoms with Crippen molar-refractivity contribution in [2.45, 2.75) is 44.7 Å². The van der Waals surface area contributed by atoms with Gasteiger partial charge in [0.1, 0.15) is 17.1 Å². The normalized spacial score (nSPS) is 16.9. The van der Waals surface area contributed by atoms with Crippen LogP contribution in [0.5, 0.6) is 5.75 Å². The molecule has 31 heavy (non-hydrogen) atoms. The number of methoxy groups -OCH3 is 1. The first kappa shape index (κ1) is 20.1. The average molecular weight is 439 g/mol. The number of piperidine rings is 1. The van der Waals surface area contributed by atoms with Gasteiger partial charge in [0.15, 0.2) is 0 Å². The van der Waals surface area contributed by atoms with E-state index in [9.17, 15) is 4.79 Å². The smallest absolute Gasteiger partial charge is 0.254 e. The van der Waals surface area contributed by atoms with Crippen molar-refractivity contribution in [1.82, 2.24) is 30.4 Å². The molecule has 3 heterocycles. The Morgan fingerprint density at radius 1 is 1.23 bits per heavy atom. The third kappa shape index (κ3) is 4.20. The van der Waals surface area contributed by atoms with Gasteiger partial charge in [0.05, 0.1) is 12.7 Å². The van der Waals surface area contributed by atoms with Gasteiger partial charge in [-0.15, -0.1) is 16.4 Å². The maximum absolute atomic E-state index is 13.3. The van der Waals surface area contributed by atoms with E-state index in [1.165, 1.54) is 16.0 Å². The molecule has 0 unspecified atom stereocenters. The van der Waals surface area contributed by atoms with Gasteiger partial charge in [0.2, 0.25) is 0 Å². The second-order valence-electron chi connectivity index (χ2n) is 8.16. The van der Waals surface area contributed by atoms with E-state index >= 15 is 0 Å². The minimum absolute atomic E-state index is 0.0125. The fourth-order valence-corrected chi connectivity index (χ4v) is 5.82. The van der Waals surface area contributed by atoms with Gasteiger partial charge >= 0.3 is 0 Å². The van der Waals surface area contributed by atoms with Crippen LogP contribution in [-0.2, 0) is 19.4 Å². The molecule has 0 atom stereocenters. The third-order valence-electron chi connectivity index (χ3n) is 6.17. The van der Waals surface area contributed by atoms with Crippen molar-refractivity contribution in [2.75, 3.05) is 20.2 Å². The van der Waals surface area contributed by atoms with E-state index in [4.69, 9.17) is 4.74 Å². The number of amides is 1. The number of ether oxygens (including phenoxy) is 1. The first-order chi connectivity index (χ1) is 15.2. The summed E-state index contributed by atoms with van der Waals surface area (Å²) in [6.07, 6.45) is 6.57. The molecular weight excluding hydrogens is 412 g/mol. The summed E-state index contributed by atoms with van der Waals surface area (Å²) in [4.78, 5) is 17.0. The molecule has 1 amide bonds. The van der Waals surface area contributed by atoms with Gasteiger partial charge < -0.3 is 10.1 Å². The molecule has 2 aliphatic rings. The van der Waals surface area contributed by atoms with Gasteiger partial charge in [-0.25, -0.2) is 0 Å². The monoisotopic (exact) mass is 438 g/mol. The van der Waals surface area contributed by atoms with Crippen LogP contribution in [0.25, 0.3) is 5.00 Å². The number of hydrogen-bond donors (Lipinski definition) is 1. The van der Waals surface area contributed by atoms with E-state index in [0.717, 1.165) is 68.1 Å². The number of carbonyl (C=O) groups excluding carboxylic acids is 1. The molecule has 3 aromatic rings. The maximum atomic E-state index is 13.3. The summed E-state index contributed by atoms with van der Waals surface area (Å²) in [5, 5.41) is 15.6. The van der Waals surface area contributed by atoms with Crippen LogP contribution in [0, 0.1) is 0 Å². The standard InChI is InChI=1S/C22H26N6O2S/c1-30-17-7-5-15(6-8-17)13-27-11-9-16(10-12-27)24-21(29)20-18-3-2-4-19(18)31-22(20)28-14-23-25-26-28/h5-8,14,16H,2-4,9-13H2,1H3,(H,24,29). The van der Waals surface area contributed by atoms with E-state index in [-0.39, 0.29) is 11.9 Å². The fourth-order valence-electron chi connectivity index (χ4n) is 4.52. The predicted molar refractivity (Wildman–Crippen MR) is 118 cm³/mol. The van der Waals surface area contributed by atoms with E-state index in [1.54, 1.807) is 29.5 Å². The highest BCUT2D eigenvalue weighted by atomic mass is 32.1. The van der Waals surface area contributed by atoms with E-state index in [1.807, 2.05) is 12.1 Å². The van der Waals surface area contributed by atoms with E-state index in [2.05, 4.69) is 37.9 Å². The molecule has 5 rings (SSSR count). The number of aryl methyl sites for hydroxylation is 1. The SMILES string of the molecule is COc1ccc(CN2CCC(NC(=O)c3c(-n4cnnn4)sc4c3CCC4)CC2)cc1. The number of thiophene rings is 1. The third-order valence-corrected chi connectivity index (χ3v) is 7.46. The van der Waals surface area contributed by atoms with Crippen molar-refractivity contribution in [3.8, 4) is 10.8 Å². The lowest BCUT2D eigenvalue weighted by Gasteiger charge is -2.32. The minimum Gasteiger partial charge on any atom is -0.497 e. The highest BCUT2D eigenvalue weighted by Crippen LogP contribution is 2.37. The largest absolute Gasteiger partial charge is 0.497 e. The molecule has 162 valence electrons. The van der Waals surface area contributed by atoms with Gasteiger partial charge in [-0.1, -0.05) is 12.1 Å². The Morgan fingerprint density at radius 2 is 2.03 bits per heavy atom. The minimum atomic E-state index is 0.0125. The van der Waals surface area contributed by atoms with Crippen LogP contribution in [0.2, 0.25) is 0 Å².